The zero-order chi connectivity index (χ0) is 21.3. The Morgan fingerprint density at radius 1 is 1.23 bits per heavy atom. The maximum absolute atomic E-state index is 13.6. The van der Waals surface area contributed by atoms with E-state index < -0.39 is 0 Å². The van der Waals surface area contributed by atoms with E-state index in [9.17, 15) is 14.0 Å². The maximum atomic E-state index is 13.6. The second-order valence-corrected chi connectivity index (χ2v) is 8.26. The molecule has 0 radical (unpaired) electrons. The van der Waals surface area contributed by atoms with Gasteiger partial charge < -0.3 is 15.2 Å². The molecule has 6 heteroatoms. The maximum Gasteiger partial charge on any atom is 0.229 e. The lowest BCUT2D eigenvalue weighted by Gasteiger charge is -2.16. The van der Waals surface area contributed by atoms with E-state index in [1.54, 1.807) is 11.0 Å². The molecular formula is C24H26FN3O2. The van der Waals surface area contributed by atoms with Crippen molar-refractivity contribution in [2.75, 3.05) is 18.4 Å². The van der Waals surface area contributed by atoms with E-state index in [0.717, 1.165) is 22.2 Å². The minimum absolute atomic E-state index is 0.0173. The lowest BCUT2D eigenvalue weighted by atomic mass is 10.0. The molecule has 0 unspecified atom stereocenters. The van der Waals surface area contributed by atoms with Gasteiger partial charge in [-0.2, -0.15) is 0 Å². The number of likely N-dealkylation sites (tertiary alicyclic amines) is 1. The molecular weight excluding hydrogens is 381 g/mol. The number of H-pyrrole nitrogens is 1. The van der Waals surface area contributed by atoms with Crippen molar-refractivity contribution in [3.8, 4) is 0 Å². The summed E-state index contributed by atoms with van der Waals surface area (Å²) in [6, 6.07) is 12.5. The average molecular weight is 407 g/mol. The number of carbonyl (C=O) groups excluding carboxylic acids is 2. The molecule has 1 aliphatic rings. The van der Waals surface area contributed by atoms with Crippen LogP contribution in [-0.4, -0.2) is 34.8 Å². The van der Waals surface area contributed by atoms with E-state index in [1.807, 2.05) is 30.5 Å². The molecule has 0 spiro atoms. The van der Waals surface area contributed by atoms with Crippen LogP contribution < -0.4 is 5.32 Å². The van der Waals surface area contributed by atoms with Gasteiger partial charge in [-0.25, -0.2) is 4.39 Å². The number of hydrogen-bond donors (Lipinski definition) is 2. The molecule has 30 heavy (non-hydrogen) atoms. The predicted octanol–water partition coefficient (Wildman–Crippen LogP) is 4.46. The van der Waals surface area contributed by atoms with Gasteiger partial charge in [0.15, 0.2) is 0 Å². The highest BCUT2D eigenvalue weighted by Crippen LogP contribution is 2.24. The number of rotatable bonds is 6. The van der Waals surface area contributed by atoms with E-state index in [2.05, 4.69) is 24.1 Å². The normalized spacial score (nSPS) is 16.6. The van der Waals surface area contributed by atoms with E-state index in [0.29, 0.717) is 25.4 Å². The summed E-state index contributed by atoms with van der Waals surface area (Å²) in [5, 5.41) is 3.76. The number of nitrogens with zero attached hydrogens (tertiary/aromatic N) is 1. The van der Waals surface area contributed by atoms with Gasteiger partial charge in [0.25, 0.3) is 0 Å². The molecule has 1 fully saturated rings. The minimum Gasteiger partial charge on any atom is -0.361 e. The van der Waals surface area contributed by atoms with Crippen LogP contribution in [0.25, 0.3) is 10.9 Å². The Balaban J connectivity index is 1.35. The van der Waals surface area contributed by atoms with Crippen molar-refractivity contribution in [1.29, 1.82) is 0 Å². The van der Waals surface area contributed by atoms with Gasteiger partial charge in [0.2, 0.25) is 11.8 Å². The van der Waals surface area contributed by atoms with Crippen molar-refractivity contribution in [2.24, 2.45) is 5.92 Å². The number of nitrogens with one attached hydrogen (secondary N) is 2. The first-order chi connectivity index (χ1) is 14.4. The Bertz CT molecular complexity index is 1070. The summed E-state index contributed by atoms with van der Waals surface area (Å²) in [5.41, 5.74) is 3.80. The van der Waals surface area contributed by atoms with Crippen LogP contribution in [0.5, 0.6) is 0 Å². The topological polar surface area (TPSA) is 65.2 Å². The van der Waals surface area contributed by atoms with Gasteiger partial charge in [-0.15, -0.1) is 0 Å². The van der Waals surface area contributed by atoms with Gasteiger partial charge in [-0.05, 0) is 53.8 Å². The quantitative estimate of drug-likeness (QED) is 0.634. The van der Waals surface area contributed by atoms with Crippen molar-refractivity contribution in [3.63, 3.8) is 0 Å². The summed E-state index contributed by atoms with van der Waals surface area (Å²) >= 11 is 0. The summed E-state index contributed by atoms with van der Waals surface area (Å²) in [5.74, 6) is -0.348. The molecule has 0 aliphatic carbocycles. The molecule has 2 amide bonds. The van der Waals surface area contributed by atoms with E-state index in [-0.39, 0.29) is 30.0 Å². The van der Waals surface area contributed by atoms with Crippen LogP contribution in [0, 0.1) is 11.7 Å². The fraction of sp³-hybridized carbons (Fsp3) is 0.333. The van der Waals surface area contributed by atoms with Gasteiger partial charge in [-0.3, -0.25) is 9.59 Å². The zero-order valence-corrected chi connectivity index (χ0v) is 17.2. The Morgan fingerprint density at radius 3 is 2.73 bits per heavy atom. The minimum atomic E-state index is -0.359. The second kappa shape index (κ2) is 8.30. The molecule has 156 valence electrons. The van der Waals surface area contributed by atoms with Gasteiger partial charge in [0.1, 0.15) is 5.82 Å². The Hall–Kier alpha value is -3.15. The molecule has 3 aromatic rings. The molecule has 1 aliphatic heterocycles. The van der Waals surface area contributed by atoms with Crippen molar-refractivity contribution in [1.82, 2.24) is 9.88 Å². The van der Waals surface area contributed by atoms with E-state index >= 15 is 0 Å². The van der Waals surface area contributed by atoms with Gasteiger partial charge in [-0.1, -0.05) is 26.0 Å². The lowest BCUT2D eigenvalue weighted by Crippen LogP contribution is -2.30. The molecule has 4 rings (SSSR count). The molecule has 2 aromatic carbocycles. The highest BCUT2D eigenvalue weighted by atomic mass is 19.1. The monoisotopic (exact) mass is 407 g/mol. The number of aromatic amines is 1. The smallest absolute Gasteiger partial charge is 0.229 e. The number of benzene rings is 2. The molecule has 2 N–H and O–H groups in total. The number of amides is 2. The van der Waals surface area contributed by atoms with Crippen LogP contribution in [0.3, 0.4) is 0 Å². The van der Waals surface area contributed by atoms with Gasteiger partial charge in [0, 0.05) is 42.3 Å². The fourth-order valence-corrected chi connectivity index (χ4v) is 3.97. The van der Waals surface area contributed by atoms with Crippen molar-refractivity contribution >= 4 is 28.4 Å². The van der Waals surface area contributed by atoms with Crippen LogP contribution in [0.2, 0.25) is 0 Å². The standard InChI is InChI=1S/C24H26FN3O2/c1-15(2)16-3-6-20(7-4-16)27-24(30)18-11-23(29)28(14-18)10-9-17-13-26-22-8-5-19(25)12-21(17)22/h3-8,12-13,15,18,26H,9-11,14H2,1-2H3,(H,27,30)/t18-/m0/s1. The third-order valence-electron chi connectivity index (χ3n) is 5.81. The third-order valence-corrected chi connectivity index (χ3v) is 5.81. The Labute approximate surface area is 175 Å². The highest BCUT2D eigenvalue weighted by molar-refractivity contribution is 5.97. The van der Waals surface area contributed by atoms with Crippen LogP contribution in [0.1, 0.15) is 37.3 Å². The highest BCUT2D eigenvalue weighted by Gasteiger charge is 2.34. The first kappa shape index (κ1) is 20.1. The van der Waals surface area contributed by atoms with Gasteiger partial charge >= 0.3 is 0 Å². The molecule has 1 aromatic heterocycles. The molecule has 2 heterocycles. The molecule has 1 saturated heterocycles. The number of aromatic nitrogens is 1. The number of fused-ring (bicyclic) bond motifs is 1. The Morgan fingerprint density at radius 2 is 2.00 bits per heavy atom. The summed E-state index contributed by atoms with van der Waals surface area (Å²) in [6.45, 7) is 5.17. The van der Waals surface area contributed by atoms with E-state index in [1.165, 1.54) is 17.7 Å². The van der Waals surface area contributed by atoms with Crippen LogP contribution >= 0.6 is 0 Å². The number of anilines is 1. The third kappa shape index (κ3) is 4.22. The zero-order valence-electron chi connectivity index (χ0n) is 17.2. The average Bonchev–Trinajstić information content (AvgIpc) is 3.29. The largest absolute Gasteiger partial charge is 0.361 e. The van der Waals surface area contributed by atoms with Crippen molar-refractivity contribution < 1.29 is 14.0 Å². The summed E-state index contributed by atoms with van der Waals surface area (Å²) in [7, 11) is 0. The van der Waals surface area contributed by atoms with Crippen molar-refractivity contribution in [3.05, 3.63) is 65.6 Å². The van der Waals surface area contributed by atoms with Crippen LogP contribution in [0.4, 0.5) is 10.1 Å². The molecule has 0 saturated carbocycles. The van der Waals surface area contributed by atoms with Crippen LogP contribution in [0.15, 0.2) is 48.7 Å². The SMILES string of the molecule is CC(C)c1ccc(NC(=O)[C@H]2CC(=O)N(CCc3c[nH]c4ccc(F)cc34)C2)cc1. The fourth-order valence-electron chi connectivity index (χ4n) is 3.97. The summed E-state index contributed by atoms with van der Waals surface area (Å²) in [4.78, 5) is 29.9. The first-order valence-electron chi connectivity index (χ1n) is 10.3. The molecule has 5 nitrogen and oxygen atoms in total. The predicted molar refractivity (Wildman–Crippen MR) is 116 cm³/mol. The summed E-state index contributed by atoms with van der Waals surface area (Å²) in [6.07, 6.45) is 2.69. The second-order valence-electron chi connectivity index (χ2n) is 8.26. The molecule has 0 bridgehead atoms. The molecule has 1 atom stereocenters. The van der Waals surface area contributed by atoms with Crippen molar-refractivity contribution in [2.45, 2.75) is 32.6 Å². The number of hydrogen-bond acceptors (Lipinski definition) is 2. The van der Waals surface area contributed by atoms with Gasteiger partial charge in [0.05, 0.1) is 5.92 Å². The van der Waals surface area contributed by atoms with E-state index in [4.69, 9.17) is 0 Å². The number of carbonyl (C=O) groups is 2. The number of halogens is 1. The van der Waals surface area contributed by atoms with Crippen LogP contribution in [-0.2, 0) is 16.0 Å². The first-order valence-corrected chi connectivity index (χ1v) is 10.3. The Kier molecular flexibility index (Phi) is 5.57. The lowest BCUT2D eigenvalue weighted by molar-refractivity contribution is -0.128. The summed E-state index contributed by atoms with van der Waals surface area (Å²) < 4.78 is 13.6.